The maximum atomic E-state index is 12.3. The van der Waals surface area contributed by atoms with Crippen LogP contribution >= 0.6 is 11.3 Å². The molecule has 0 aliphatic carbocycles. The molecule has 3 rings (SSSR count). The Bertz CT molecular complexity index is 611. The fourth-order valence-electron chi connectivity index (χ4n) is 3.13. The molecule has 1 spiro atoms. The minimum Gasteiger partial charge on any atom is -0.459 e. The third-order valence-electron chi connectivity index (χ3n) is 3.90. The first-order valence-corrected chi connectivity index (χ1v) is 7.23. The van der Waals surface area contributed by atoms with Gasteiger partial charge in [0.25, 0.3) is 0 Å². The summed E-state index contributed by atoms with van der Waals surface area (Å²) in [7, 11) is 0. The number of cyclic esters (lactones) is 2. The standard InChI is InChI=1S/C13H16N2O4S/c1-11(2)5-13(8(16)18-11)6-12(3,19-9(13)17)7-4-20-10(14)15-7/h4H,5-6H2,1-3H3,(H2,14,15). The zero-order chi connectivity index (χ0) is 14.8. The number of hydrogen-bond donors (Lipinski definition) is 1. The lowest BCUT2D eigenvalue weighted by molar-refractivity contribution is -0.161. The Hall–Kier alpha value is -1.63. The van der Waals surface area contributed by atoms with Gasteiger partial charge in [-0.15, -0.1) is 11.3 Å². The van der Waals surface area contributed by atoms with Crippen LogP contribution in [0.4, 0.5) is 5.13 Å². The molecule has 0 saturated carbocycles. The van der Waals surface area contributed by atoms with Crippen molar-refractivity contribution in [1.82, 2.24) is 4.98 Å². The molecular formula is C13H16N2O4S. The van der Waals surface area contributed by atoms with Gasteiger partial charge in [-0.25, -0.2) is 4.98 Å². The van der Waals surface area contributed by atoms with Gasteiger partial charge < -0.3 is 15.2 Å². The van der Waals surface area contributed by atoms with Crippen LogP contribution in [0.3, 0.4) is 0 Å². The van der Waals surface area contributed by atoms with E-state index in [9.17, 15) is 9.59 Å². The summed E-state index contributed by atoms with van der Waals surface area (Å²) in [5, 5.41) is 2.17. The van der Waals surface area contributed by atoms with Gasteiger partial charge in [-0.2, -0.15) is 0 Å². The minimum atomic E-state index is -1.21. The number of thiazole rings is 1. The predicted molar refractivity (Wildman–Crippen MR) is 71.8 cm³/mol. The zero-order valence-corrected chi connectivity index (χ0v) is 12.4. The fraction of sp³-hybridized carbons (Fsp3) is 0.615. The molecule has 0 bridgehead atoms. The van der Waals surface area contributed by atoms with E-state index in [0.29, 0.717) is 17.2 Å². The number of ether oxygens (including phenoxy) is 2. The molecule has 7 heteroatoms. The molecule has 2 N–H and O–H groups in total. The van der Waals surface area contributed by atoms with Crippen molar-refractivity contribution in [3.8, 4) is 0 Å². The van der Waals surface area contributed by atoms with Crippen molar-refractivity contribution in [2.24, 2.45) is 5.41 Å². The summed E-state index contributed by atoms with van der Waals surface area (Å²) < 4.78 is 10.8. The van der Waals surface area contributed by atoms with Gasteiger partial charge in [0.05, 0.1) is 5.69 Å². The van der Waals surface area contributed by atoms with Crippen LogP contribution in [0.25, 0.3) is 0 Å². The molecule has 2 aliphatic rings. The van der Waals surface area contributed by atoms with Crippen molar-refractivity contribution in [3.05, 3.63) is 11.1 Å². The molecule has 0 amide bonds. The number of carbonyl (C=O) groups is 2. The predicted octanol–water partition coefficient (Wildman–Crippen LogP) is 1.60. The maximum Gasteiger partial charge on any atom is 0.324 e. The Morgan fingerprint density at radius 3 is 2.35 bits per heavy atom. The lowest BCUT2D eigenvalue weighted by Crippen LogP contribution is -2.32. The van der Waals surface area contributed by atoms with E-state index in [1.807, 2.05) is 0 Å². The third kappa shape index (κ3) is 1.72. The van der Waals surface area contributed by atoms with Crippen LogP contribution in [0.15, 0.2) is 5.38 Å². The van der Waals surface area contributed by atoms with E-state index >= 15 is 0 Å². The number of anilines is 1. The van der Waals surface area contributed by atoms with Gasteiger partial charge >= 0.3 is 11.9 Å². The molecular weight excluding hydrogens is 280 g/mol. The summed E-state index contributed by atoms with van der Waals surface area (Å²) in [4.78, 5) is 28.7. The van der Waals surface area contributed by atoms with Gasteiger partial charge in [-0.05, 0) is 20.8 Å². The summed E-state index contributed by atoms with van der Waals surface area (Å²) in [6.45, 7) is 5.35. The fourth-order valence-corrected chi connectivity index (χ4v) is 3.82. The van der Waals surface area contributed by atoms with Crippen LogP contribution in [0.2, 0.25) is 0 Å². The minimum absolute atomic E-state index is 0.240. The first kappa shape index (κ1) is 13.4. The third-order valence-corrected chi connectivity index (χ3v) is 4.57. The topological polar surface area (TPSA) is 91.5 Å². The smallest absolute Gasteiger partial charge is 0.324 e. The van der Waals surface area contributed by atoms with Crippen molar-refractivity contribution in [2.45, 2.75) is 44.8 Å². The van der Waals surface area contributed by atoms with Crippen LogP contribution in [0, 0.1) is 5.41 Å². The van der Waals surface area contributed by atoms with E-state index < -0.39 is 28.6 Å². The molecule has 2 unspecified atom stereocenters. The number of aromatic nitrogens is 1. The summed E-state index contributed by atoms with van der Waals surface area (Å²) in [5.74, 6) is -1.03. The van der Waals surface area contributed by atoms with Crippen molar-refractivity contribution >= 4 is 28.4 Å². The monoisotopic (exact) mass is 296 g/mol. The second-order valence-corrected chi connectivity index (χ2v) is 7.17. The highest BCUT2D eigenvalue weighted by molar-refractivity contribution is 7.13. The largest absolute Gasteiger partial charge is 0.459 e. The van der Waals surface area contributed by atoms with Crippen molar-refractivity contribution in [3.63, 3.8) is 0 Å². The van der Waals surface area contributed by atoms with Crippen LogP contribution in [-0.4, -0.2) is 22.5 Å². The first-order chi connectivity index (χ1) is 9.17. The second kappa shape index (κ2) is 3.72. The van der Waals surface area contributed by atoms with Crippen LogP contribution in [0.5, 0.6) is 0 Å². The second-order valence-electron chi connectivity index (χ2n) is 6.28. The Morgan fingerprint density at radius 2 is 1.85 bits per heavy atom. The van der Waals surface area contributed by atoms with Crippen molar-refractivity contribution in [1.29, 1.82) is 0 Å². The highest BCUT2D eigenvalue weighted by Crippen LogP contribution is 2.54. The lowest BCUT2D eigenvalue weighted by atomic mass is 9.75. The molecule has 2 atom stereocenters. The van der Waals surface area contributed by atoms with E-state index in [0.717, 1.165) is 0 Å². The van der Waals surface area contributed by atoms with E-state index in [-0.39, 0.29) is 6.42 Å². The maximum absolute atomic E-state index is 12.3. The summed E-state index contributed by atoms with van der Waals surface area (Å²) in [5.41, 5.74) is 3.43. The number of nitrogens with two attached hydrogens (primary N) is 1. The van der Waals surface area contributed by atoms with Gasteiger partial charge in [-0.1, -0.05) is 0 Å². The Labute approximate surface area is 120 Å². The van der Waals surface area contributed by atoms with Gasteiger partial charge in [0, 0.05) is 18.2 Å². The molecule has 2 fully saturated rings. The summed E-state index contributed by atoms with van der Waals surface area (Å²) >= 11 is 1.28. The summed E-state index contributed by atoms with van der Waals surface area (Å²) in [6, 6.07) is 0. The normalized spacial score (nSPS) is 35.4. The van der Waals surface area contributed by atoms with Crippen molar-refractivity contribution < 1.29 is 19.1 Å². The van der Waals surface area contributed by atoms with Gasteiger partial charge in [0.2, 0.25) is 0 Å². The number of nitrogen functional groups attached to an aromatic ring is 1. The van der Waals surface area contributed by atoms with E-state index in [1.54, 1.807) is 26.2 Å². The first-order valence-electron chi connectivity index (χ1n) is 6.35. The molecule has 0 radical (unpaired) electrons. The number of esters is 2. The van der Waals surface area contributed by atoms with Gasteiger partial charge in [0.15, 0.2) is 16.1 Å². The summed E-state index contributed by atoms with van der Waals surface area (Å²) in [6.07, 6.45) is 0.567. The molecule has 3 heterocycles. The molecule has 20 heavy (non-hydrogen) atoms. The quantitative estimate of drug-likeness (QED) is 0.625. The van der Waals surface area contributed by atoms with E-state index in [2.05, 4.69) is 4.98 Å². The number of nitrogens with zero attached hydrogens (tertiary/aromatic N) is 1. The van der Waals surface area contributed by atoms with Crippen LogP contribution in [0.1, 0.15) is 39.3 Å². The SMILES string of the molecule is CC1(C)CC2(CC(C)(c3csc(N)n3)OC2=O)C(=O)O1. The van der Waals surface area contributed by atoms with Gasteiger partial charge in [-0.3, -0.25) is 9.59 Å². The van der Waals surface area contributed by atoms with Crippen LogP contribution in [-0.2, 0) is 24.7 Å². The van der Waals surface area contributed by atoms with E-state index in [1.165, 1.54) is 11.3 Å². The Kier molecular flexibility index (Phi) is 2.48. The number of hydrogen-bond acceptors (Lipinski definition) is 7. The molecule has 108 valence electrons. The molecule has 1 aromatic heterocycles. The molecule has 2 saturated heterocycles. The highest BCUT2D eigenvalue weighted by atomic mass is 32.1. The number of rotatable bonds is 1. The Morgan fingerprint density at radius 1 is 1.20 bits per heavy atom. The lowest BCUT2D eigenvalue weighted by Gasteiger charge is -2.20. The highest BCUT2D eigenvalue weighted by Gasteiger charge is 2.67. The van der Waals surface area contributed by atoms with Gasteiger partial charge in [0.1, 0.15) is 5.60 Å². The molecule has 2 aliphatic heterocycles. The Balaban J connectivity index is 1.99. The average molecular weight is 296 g/mol. The zero-order valence-electron chi connectivity index (χ0n) is 11.6. The van der Waals surface area contributed by atoms with Crippen LogP contribution < -0.4 is 5.73 Å². The molecule has 0 aromatic carbocycles. The molecule has 6 nitrogen and oxygen atoms in total. The van der Waals surface area contributed by atoms with Crippen molar-refractivity contribution in [2.75, 3.05) is 5.73 Å². The van der Waals surface area contributed by atoms with E-state index in [4.69, 9.17) is 15.2 Å². The molecule has 1 aromatic rings. The average Bonchev–Trinajstić information content (AvgIpc) is 2.88. The number of carbonyl (C=O) groups excluding carboxylic acids is 2.